The number of hydrogen-bond donors (Lipinski definition) is 1. The Hall–Kier alpha value is -1.31. The third kappa shape index (κ3) is 1.24. The Morgan fingerprint density at radius 3 is 3.00 bits per heavy atom. The average molecular weight is 148 g/mol. The number of aromatic amines is 1. The Kier molecular flexibility index (Phi) is 1.94. The fourth-order valence-corrected chi connectivity index (χ4v) is 1.12. The number of aryl methyl sites for hydroxylation is 1. The monoisotopic (exact) mass is 148 g/mol. The first-order valence-electron chi connectivity index (χ1n) is 3.25. The predicted octanol–water partition coefficient (Wildman–Crippen LogP) is 2.51. The van der Waals surface area contributed by atoms with Gasteiger partial charge in [-0.2, -0.15) is 0 Å². The van der Waals surface area contributed by atoms with Crippen molar-refractivity contribution >= 4 is 10.9 Å². The normalized spacial score (nSPS) is 9.55. The van der Waals surface area contributed by atoms with Crippen molar-refractivity contribution in [1.82, 2.24) is 9.97 Å². The summed E-state index contributed by atoms with van der Waals surface area (Å²) in [5, 5.41) is 1.18. The highest BCUT2D eigenvalue weighted by Crippen LogP contribution is 2.11. The van der Waals surface area contributed by atoms with Crippen molar-refractivity contribution in [1.29, 1.82) is 0 Å². The van der Waals surface area contributed by atoms with Gasteiger partial charge in [0.25, 0.3) is 0 Å². The molecule has 0 amide bonds. The fourth-order valence-electron chi connectivity index (χ4n) is 1.12. The number of H-pyrrole nitrogens is 1. The molecule has 58 valence electrons. The van der Waals surface area contributed by atoms with E-state index < -0.39 is 0 Å². The second-order valence-electron chi connectivity index (χ2n) is 2.42. The minimum atomic E-state index is 0. The quantitative estimate of drug-likeness (QED) is 0.611. The number of rotatable bonds is 0. The number of nitrogens with one attached hydrogen (secondary N) is 1. The van der Waals surface area contributed by atoms with E-state index in [0.717, 1.165) is 5.52 Å². The summed E-state index contributed by atoms with van der Waals surface area (Å²) in [6.07, 6.45) is 3.65. The molecule has 0 aliphatic rings. The molecule has 2 nitrogen and oxygen atoms in total. The summed E-state index contributed by atoms with van der Waals surface area (Å²) in [6.45, 7) is 2.04. The first-order valence-corrected chi connectivity index (χ1v) is 3.25. The van der Waals surface area contributed by atoms with Gasteiger partial charge in [-0.1, -0.05) is 7.43 Å². The maximum Gasteiger partial charge on any atom is 0.0487 e. The second kappa shape index (κ2) is 2.74. The van der Waals surface area contributed by atoms with Crippen LogP contribution in [0.25, 0.3) is 10.9 Å². The van der Waals surface area contributed by atoms with Gasteiger partial charge in [0.15, 0.2) is 0 Å². The van der Waals surface area contributed by atoms with Crippen molar-refractivity contribution in [3.8, 4) is 0 Å². The van der Waals surface area contributed by atoms with Gasteiger partial charge >= 0.3 is 0 Å². The highest BCUT2D eigenvalue weighted by atomic mass is 14.7. The van der Waals surface area contributed by atoms with E-state index in [1.54, 1.807) is 6.20 Å². The van der Waals surface area contributed by atoms with Crippen LogP contribution in [0.2, 0.25) is 0 Å². The van der Waals surface area contributed by atoms with Gasteiger partial charge in [-0.05, 0) is 19.1 Å². The van der Waals surface area contributed by atoms with Crippen LogP contribution < -0.4 is 0 Å². The SMILES string of the molecule is C.Cc1cc2cnccc2[nH]1. The summed E-state index contributed by atoms with van der Waals surface area (Å²) in [4.78, 5) is 7.22. The van der Waals surface area contributed by atoms with Crippen LogP contribution >= 0.6 is 0 Å². The lowest BCUT2D eigenvalue weighted by Gasteiger charge is -1.83. The predicted molar refractivity (Wildman–Crippen MR) is 47.6 cm³/mol. The van der Waals surface area contributed by atoms with Crippen molar-refractivity contribution in [2.24, 2.45) is 0 Å². The number of hydrogen-bond acceptors (Lipinski definition) is 1. The lowest BCUT2D eigenvalue weighted by Crippen LogP contribution is -1.68. The molecule has 0 radical (unpaired) electrons. The van der Waals surface area contributed by atoms with E-state index in [1.807, 2.05) is 19.2 Å². The molecule has 0 aliphatic heterocycles. The van der Waals surface area contributed by atoms with Crippen molar-refractivity contribution in [2.75, 3.05) is 0 Å². The summed E-state index contributed by atoms with van der Waals surface area (Å²) in [6, 6.07) is 4.06. The summed E-state index contributed by atoms with van der Waals surface area (Å²) < 4.78 is 0. The Morgan fingerprint density at radius 2 is 2.27 bits per heavy atom. The molecule has 2 aromatic heterocycles. The van der Waals surface area contributed by atoms with Gasteiger partial charge in [0.2, 0.25) is 0 Å². The maximum absolute atomic E-state index is 4.01. The first-order chi connectivity index (χ1) is 4.86. The standard InChI is InChI=1S/C8H8N2.CH4/c1-6-4-7-5-9-3-2-8(7)10-6;/h2-5,10H,1H3;1H4. The van der Waals surface area contributed by atoms with Crippen LogP contribution in [0, 0.1) is 6.92 Å². The molecule has 0 saturated heterocycles. The molecule has 2 heteroatoms. The molecule has 1 N–H and O–H groups in total. The van der Waals surface area contributed by atoms with E-state index in [0.29, 0.717) is 0 Å². The van der Waals surface area contributed by atoms with Gasteiger partial charge in [-0.25, -0.2) is 0 Å². The van der Waals surface area contributed by atoms with Crippen LogP contribution in [-0.4, -0.2) is 9.97 Å². The molecule has 11 heavy (non-hydrogen) atoms. The van der Waals surface area contributed by atoms with Crippen molar-refractivity contribution < 1.29 is 0 Å². The molecule has 0 aromatic carbocycles. The summed E-state index contributed by atoms with van der Waals surface area (Å²) in [5.74, 6) is 0. The van der Waals surface area contributed by atoms with Crippen LogP contribution in [0.5, 0.6) is 0 Å². The molecule has 0 bridgehead atoms. The zero-order chi connectivity index (χ0) is 6.97. The van der Waals surface area contributed by atoms with Crippen molar-refractivity contribution in [2.45, 2.75) is 14.4 Å². The molecule has 0 atom stereocenters. The molecule has 0 spiro atoms. The van der Waals surface area contributed by atoms with Gasteiger partial charge < -0.3 is 4.98 Å². The lowest BCUT2D eigenvalue weighted by atomic mass is 10.3. The van der Waals surface area contributed by atoms with Crippen LogP contribution in [0.3, 0.4) is 0 Å². The number of nitrogens with zero attached hydrogens (tertiary/aromatic N) is 1. The van der Waals surface area contributed by atoms with E-state index >= 15 is 0 Å². The van der Waals surface area contributed by atoms with Gasteiger partial charge in [0.1, 0.15) is 0 Å². The molecule has 0 aliphatic carbocycles. The van der Waals surface area contributed by atoms with Crippen molar-refractivity contribution in [3.05, 3.63) is 30.2 Å². The molecule has 2 aromatic rings. The smallest absolute Gasteiger partial charge is 0.0487 e. The summed E-state index contributed by atoms with van der Waals surface area (Å²) in [5.41, 5.74) is 2.34. The Bertz CT molecular complexity index is 316. The van der Waals surface area contributed by atoms with Crippen molar-refractivity contribution in [3.63, 3.8) is 0 Å². The minimum absolute atomic E-state index is 0. The average Bonchev–Trinajstić information content (AvgIpc) is 2.27. The fraction of sp³-hybridized carbons (Fsp3) is 0.222. The first kappa shape index (κ1) is 7.79. The minimum Gasteiger partial charge on any atom is -0.359 e. The van der Waals surface area contributed by atoms with E-state index in [9.17, 15) is 0 Å². The Morgan fingerprint density at radius 1 is 1.45 bits per heavy atom. The third-order valence-corrected chi connectivity index (χ3v) is 1.56. The zero-order valence-corrected chi connectivity index (χ0v) is 5.76. The van der Waals surface area contributed by atoms with E-state index in [-0.39, 0.29) is 7.43 Å². The number of pyridine rings is 1. The van der Waals surface area contributed by atoms with Crippen LogP contribution in [-0.2, 0) is 0 Å². The molecule has 2 heterocycles. The molecule has 0 saturated carbocycles. The molecular weight excluding hydrogens is 136 g/mol. The second-order valence-corrected chi connectivity index (χ2v) is 2.42. The molecule has 0 fully saturated rings. The summed E-state index contributed by atoms with van der Waals surface area (Å²) >= 11 is 0. The molecule has 0 unspecified atom stereocenters. The topological polar surface area (TPSA) is 28.7 Å². The van der Waals surface area contributed by atoms with E-state index in [4.69, 9.17) is 0 Å². The maximum atomic E-state index is 4.01. The van der Waals surface area contributed by atoms with Gasteiger partial charge in [0.05, 0.1) is 0 Å². The van der Waals surface area contributed by atoms with E-state index in [2.05, 4.69) is 16.0 Å². The van der Waals surface area contributed by atoms with Crippen LogP contribution in [0.15, 0.2) is 24.5 Å². The number of fused-ring (bicyclic) bond motifs is 1. The van der Waals surface area contributed by atoms with Gasteiger partial charge in [0, 0.05) is 29.0 Å². The van der Waals surface area contributed by atoms with Gasteiger partial charge in [-0.15, -0.1) is 0 Å². The largest absolute Gasteiger partial charge is 0.359 e. The van der Waals surface area contributed by atoms with Gasteiger partial charge in [-0.3, -0.25) is 4.98 Å². The van der Waals surface area contributed by atoms with Crippen LogP contribution in [0.4, 0.5) is 0 Å². The lowest BCUT2D eigenvalue weighted by molar-refractivity contribution is 1.29. The third-order valence-electron chi connectivity index (χ3n) is 1.56. The molecule has 2 rings (SSSR count). The van der Waals surface area contributed by atoms with Crippen LogP contribution in [0.1, 0.15) is 13.1 Å². The summed E-state index contributed by atoms with van der Waals surface area (Å²) in [7, 11) is 0. The Balaban J connectivity index is 0.000000605. The highest BCUT2D eigenvalue weighted by molar-refractivity contribution is 5.78. The molecular formula is C9H12N2. The Labute approximate surface area is 66.3 Å². The van der Waals surface area contributed by atoms with E-state index in [1.165, 1.54) is 11.1 Å². The zero-order valence-electron chi connectivity index (χ0n) is 5.76. The number of aromatic nitrogens is 2. The highest BCUT2D eigenvalue weighted by Gasteiger charge is 1.93.